The molecule has 0 aromatic carbocycles. The molecule has 2 aromatic heterocycles. The molecule has 0 unspecified atom stereocenters. The molecule has 0 aliphatic heterocycles. The molecule has 18 heavy (non-hydrogen) atoms. The number of rotatable bonds is 5. The normalized spacial score (nSPS) is 10.8. The molecule has 5 heteroatoms. The number of aromatic nitrogens is 3. The fourth-order valence-electron chi connectivity index (χ4n) is 1.98. The van der Waals surface area contributed by atoms with Crippen molar-refractivity contribution in [1.29, 1.82) is 0 Å². The van der Waals surface area contributed by atoms with E-state index in [9.17, 15) is 4.79 Å². The van der Waals surface area contributed by atoms with Gasteiger partial charge in [0.15, 0.2) is 0 Å². The van der Waals surface area contributed by atoms with E-state index in [1.807, 2.05) is 29.8 Å². The molecule has 0 aliphatic carbocycles. The highest BCUT2D eigenvalue weighted by atomic mass is 16.1. The van der Waals surface area contributed by atoms with Crippen LogP contribution in [0.4, 0.5) is 0 Å². The first kappa shape index (κ1) is 12.6. The van der Waals surface area contributed by atoms with Gasteiger partial charge in [0.05, 0.1) is 6.33 Å². The predicted octanol–water partition coefficient (Wildman–Crippen LogP) is 0.902. The molecule has 0 amide bonds. The highest BCUT2D eigenvalue weighted by Gasteiger charge is 2.04. The number of nitrogens with two attached hydrogens (primary N) is 1. The maximum atomic E-state index is 12.1. The fraction of sp³-hybridized carbons (Fsp3) is 0.385. The predicted molar refractivity (Wildman–Crippen MR) is 70.2 cm³/mol. The molecule has 0 bridgehead atoms. The lowest BCUT2D eigenvalue weighted by atomic mass is 10.2. The third kappa shape index (κ3) is 2.68. The highest BCUT2D eigenvalue weighted by molar-refractivity contribution is 5.15. The third-order valence-electron chi connectivity index (χ3n) is 3.05. The highest BCUT2D eigenvalue weighted by Crippen LogP contribution is 2.01. The maximum absolute atomic E-state index is 12.1. The first-order chi connectivity index (χ1) is 8.72. The molecule has 96 valence electrons. The van der Waals surface area contributed by atoms with Crippen molar-refractivity contribution >= 4 is 0 Å². The van der Waals surface area contributed by atoms with Gasteiger partial charge in [-0.05, 0) is 19.4 Å². The molecule has 5 nitrogen and oxygen atoms in total. The molecular formula is C13H18N4O. The molecule has 2 rings (SSSR count). The Kier molecular flexibility index (Phi) is 3.94. The van der Waals surface area contributed by atoms with Crippen LogP contribution in [0.3, 0.4) is 0 Å². The Morgan fingerprint density at radius 2 is 2.17 bits per heavy atom. The van der Waals surface area contributed by atoms with Gasteiger partial charge in [0.2, 0.25) is 0 Å². The van der Waals surface area contributed by atoms with Crippen molar-refractivity contribution in [2.75, 3.05) is 0 Å². The van der Waals surface area contributed by atoms with Crippen LogP contribution >= 0.6 is 0 Å². The Morgan fingerprint density at radius 1 is 1.33 bits per heavy atom. The van der Waals surface area contributed by atoms with E-state index in [2.05, 4.69) is 4.98 Å². The molecule has 0 spiro atoms. The Bertz CT molecular complexity index is 557. The van der Waals surface area contributed by atoms with Gasteiger partial charge < -0.3 is 14.9 Å². The summed E-state index contributed by atoms with van der Waals surface area (Å²) in [6, 6.07) is 3.75. The SMILES string of the molecule is Cc1ccc(CN)c(=O)n1CCCn1ccnc1. The van der Waals surface area contributed by atoms with Crippen LogP contribution in [0, 0.1) is 6.92 Å². The van der Waals surface area contributed by atoms with Crippen LogP contribution in [0.1, 0.15) is 17.7 Å². The minimum Gasteiger partial charge on any atom is -0.337 e. The zero-order chi connectivity index (χ0) is 13.0. The van der Waals surface area contributed by atoms with Crippen molar-refractivity contribution < 1.29 is 0 Å². The van der Waals surface area contributed by atoms with Crippen molar-refractivity contribution in [2.24, 2.45) is 5.73 Å². The molecule has 2 N–H and O–H groups in total. The Morgan fingerprint density at radius 3 is 2.83 bits per heavy atom. The number of hydrogen-bond donors (Lipinski definition) is 1. The smallest absolute Gasteiger partial charge is 0.255 e. The second-order valence-corrected chi connectivity index (χ2v) is 4.31. The Hall–Kier alpha value is -1.88. The van der Waals surface area contributed by atoms with Gasteiger partial charge in [-0.2, -0.15) is 0 Å². The summed E-state index contributed by atoms with van der Waals surface area (Å²) in [7, 11) is 0. The summed E-state index contributed by atoms with van der Waals surface area (Å²) < 4.78 is 3.80. The van der Waals surface area contributed by atoms with E-state index in [1.165, 1.54) is 0 Å². The van der Waals surface area contributed by atoms with E-state index in [0.717, 1.165) is 18.7 Å². The summed E-state index contributed by atoms with van der Waals surface area (Å²) in [5.74, 6) is 0. The zero-order valence-corrected chi connectivity index (χ0v) is 10.5. The number of nitrogens with zero attached hydrogens (tertiary/aromatic N) is 3. The van der Waals surface area contributed by atoms with E-state index >= 15 is 0 Å². The van der Waals surface area contributed by atoms with Gasteiger partial charge in [0.25, 0.3) is 5.56 Å². The standard InChI is InChI=1S/C13H18N4O/c1-11-3-4-12(9-14)13(18)17(11)7-2-6-16-8-5-15-10-16/h3-5,8,10H,2,6-7,9,14H2,1H3. The molecule has 0 saturated carbocycles. The van der Waals surface area contributed by atoms with Gasteiger partial charge in [0, 0.05) is 43.3 Å². The quantitative estimate of drug-likeness (QED) is 0.852. The summed E-state index contributed by atoms with van der Waals surface area (Å²) in [5, 5.41) is 0. The Labute approximate surface area is 106 Å². The zero-order valence-electron chi connectivity index (χ0n) is 10.5. The van der Waals surface area contributed by atoms with Crippen molar-refractivity contribution in [3.63, 3.8) is 0 Å². The molecule has 0 saturated heterocycles. The summed E-state index contributed by atoms with van der Waals surface area (Å²) in [6.07, 6.45) is 6.36. The van der Waals surface area contributed by atoms with Crippen molar-refractivity contribution in [3.8, 4) is 0 Å². The lowest BCUT2D eigenvalue weighted by Gasteiger charge is -2.11. The summed E-state index contributed by atoms with van der Waals surface area (Å²) in [5.41, 5.74) is 7.22. The van der Waals surface area contributed by atoms with Gasteiger partial charge in [-0.25, -0.2) is 4.98 Å². The van der Waals surface area contributed by atoms with Crippen LogP contribution < -0.4 is 11.3 Å². The van der Waals surface area contributed by atoms with E-state index in [-0.39, 0.29) is 5.56 Å². The second kappa shape index (κ2) is 5.64. The average Bonchev–Trinajstić information content (AvgIpc) is 2.86. The molecule has 2 aromatic rings. The van der Waals surface area contributed by atoms with Gasteiger partial charge >= 0.3 is 0 Å². The van der Waals surface area contributed by atoms with Crippen LogP contribution in [0.15, 0.2) is 35.6 Å². The number of pyridine rings is 1. The average molecular weight is 246 g/mol. The lowest BCUT2D eigenvalue weighted by molar-refractivity contribution is 0.542. The van der Waals surface area contributed by atoms with Crippen molar-refractivity contribution in [2.45, 2.75) is 33.0 Å². The lowest BCUT2D eigenvalue weighted by Crippen LogP contribution is -2.27. The van der Waals surface area contributed by atoms with Crippen LogP contribution in [-0.2, 0) is 19.6 Å². The first-order valence-electron chi connectivity index (χ1n) is 6.07. The minimum atomic E-state index is 0.0307. The van der Waals surface area contributed by atoms with Crippen LogP contribution in [0.2, 0.25) is 0 Å². The van der Waals surface area contributed by atoms with E-state index in [0.29, 0.717) is 18.7 Å². The first-order valence-corrected chi connectivity index (χ1v) is 6.07. The second-order valence-electron chi connectivity index (χ2n) is 4.31. The topological polar surface area (TPSA) is 65.8 Å². The van der Waals surface area contributed by atoms with Crippen LogP contribution in [-0.4, -0.2) is 14.1 Å². The maximum Gasteiger partial charge on any atom is 0.255 e. The molecule has 0 aliphatic rings. The number of aryl methyl sites for hydroxylation is 2. The molecule has 0 atom stereocenters. The summed E-state index contributed by atoms with van der Waals surface area (Å²) in [4.78, 5) is 16.1. The van der Waals surface area contributed by atoms with Gasteiger partial charge in [-0.15, -0.1) is 0 Å². The third-order valence-corrected chi connectivity index (χ3v) is 3.05. The number of hydrogen-bond acceptors (Lipinski definition) is 3. The minimum absolute atomic E-state index is 0.0307. The molecule has 2 heterocycles. The van der Waals surface area contributed by atoms with Crippen LogP contribution in [0.5, 0.6) is 0 Å². The van der Waals surface area contributed by atoms with Crippen molar-refractivity contribution in [3.05, 3.63) is 52.5 Å². The molecular weight excluding hydrogens is 228 g/mol. The van der Waals surface area contributed by atoms with Gasteiger partial charge in [-0.1, -0.05) is 6.07 Å². The van der Waals surface area contributed by atoms with Crippen LogP contribution in [0.25, 0.3) is 0 Å². The van der Waals surface area contributed by atoms with E-state index in [4.69, 9.17) is 5.73 Å². The fourth-order valence-corrected chi connectivity index (χ4v) is 1.98. The largest absolute Gasteiger partial charge is 0.337 e. The number of imidazole rings is 1. The Balaban J connectivity index is 2.07. The summed E-state index contributed by atoms with van der Waals surface area (Å²) >= 11 is 0. The van der Waals surface area contributed by atoms with Gasteiger partial charge in [0.1, 0.15) is 0 Å². The van der Waals surface area contributed by atoms with Crippen molar-refractivity contribution in [1.82, 2.24) is 14.1 Å². The summed E-state index contributed by atoms with van der Waals surface area (Å²) in [6.45, 7) is 3.80. The van der Waals surface area contributed by atoms with E-state index < -0.39 is 0 Å². The van der Waals surface area contributed by atoms with Gasteiger partial charge in [-0.3, -0.25) is 4.79 Å². The van der Waals surface area contributed by atoms with E-state index in [1.54, 1.807) is 17.1 Å². The molecule has 0 radical (unpaired) electrons. The monoisotopic (exact) mass is 246 g/mol. The molecule has 0 fully saturated rings.